The molecule has 0 aromatic carbocycles. The van der Waals surface area contributed by atoms with Crippen LogP contribution in [0.25, 0.3) is 0 Å². The van der Waals surface area contributed by atoms with Gasteiger partial charge < -0.3 is 11.1 Å². The van der Waals surface area contributed by atoms with Gasteiger partial charge in [0.15, 0.2) is 0 Å². The van der Waals surface area contributed by atoms with Gasteiger partial charge in [0.05, 0.1) is 23.2 Å². The van der Waals surface area contributed by atoms with Crippen molar-refractivity contribution in [1.82, 2.24) is 10.3 Å². The van der Waals surface area contributed by atoms with Gasteiger partial charge >= 0.3 is 0 Å². The first-order valence-electron chi connectivity index (χ1n) is 5.97. The first-order chi connectivity index (χ1) is 8.09. The molecule has 1 amide bonds. The summed E-state index contributed by atoms with van der Waals surface area (Å²) in [7, 11) is 0. The van der Waals surface area contributed by atoms with Crippen LogP contribution in [-0.2, 0) is 11.3 Å². The fourth-order valence-electron chi connectivity index (χ4n) is 1.80. The van der Waals surface area contributed by atoms with Gasteiger partial charge in [-0.25, -0.2) is 4.98 Å². The predicted molar refractivity (Wildman–Crippen MR) is 85.3 cm³/mol. The van der Waals surface area contributed by atoms with E-state index in [2.05, 4.69) is 10.3 Å². The van der Waals surface area contributed by atoms with Gasteiger partial charge in [-0.15, -0.1) is 36.2 Å². The zero-order chi connectivity index (χ0) is 12.9. The van der Waals surface area contributed by atoms with Gasteiger partial charge in [-0.3, -0.25) is 4.79 Å². The van der Waals surface area contributed by atoms with E-state index < -0.39 is 5.41 Å². The van der Waals surface area contributed by atoms with E-state index in [9.17, 15) is 4.79 Å². The predicted octanol–water partition coefficient (Wildman–Crippen LogP) is 2.68. The lowest BCUT2D eigenvalue weighted by molar-refractivity contribution is -0.131. The van der Waals surface area contributed by atoms with E-state index >= 15 is 0 Å². The molecule has 1 aromatic rings. The number of amides is 1. The summed E-state index contributed by atoms with van der Waals surface area (Å²) in [5, 5.41) is 2.97. The Morgan fingerprint density at radius 2 is 2.00 bits per heavy atom. The number of thiazole rings is 1. The first kappa shape index (κ1) is 20.9. The van der Waals surface area contributed by atoms with Gasteiger partial charge in [0, 0.05) is 11.4 Å². The molecule has 0 fully saturated rings. The lowest BCUT2D eigenvalue weighted by Crippen LogP contribution is -2.44. The monoisotopic (exact) mass is 327 g/mol. The van der Waals surface area contributed by atoms with Crippen LogP contribution in [-0.4, -0.2) is 17.4 Å². The number of carbonyl (C=O) groups excluding carboxylic acids is 1. The molecule has 0 atom stereocenters. The molecule has 0 aliphatic rings. The summed E-state index contributed by atoms with van der Waals surface area (Å²) in [6.45, 7) is 6.92. The summed E-state index contributed by atoms with van der Waals surface area (Å²) in [4.78, 5) is 17.4. The second kappa shape index (κ2) is 9.53. The SMILES string of the molecule is CCC(CC)(CN)C(=O)NCc1scnc1C.Cl.Cl. The van der Waals surface area contributed by atoms with Crippen molar-refractivity contribution in [3.8, 4) is 0 Å². The molecule has 0 unspecified atom stereocenters. The number of aromatic nitrogens is 1. The number of carbonyl (C=O) groups is 1. The molecule has 0 aliphatic heterocycles. The largest absolute Gasteiger partial charge is 0.351 e. The van der Waals surface area contributed by atoms with Gasteiger partial charge in [-0.05, 0) is 19.8 Å². The minimum absolute atomic E-state index is 0. The summed E-state index contributed by atoms with van der Waals surface area (Å²) >= 11 is 1.57. The highest BCUT2D eigenvalue weighted by atomic mass is 35.5. The number of hydrogen-bond donors (Lipinski definition) is 2. The normalized spacial score (nSPS) is 10.3. The highest BCUT2D eigenvalue weighted by Gasteiger charge is 2.33. The third-order valence-electron chi connectivity index (χ3n) is 3.48. The van der Waals surface area contributed by atoms with Crippen LogP contribution in [0.3, 0.4) is 0 Å². The maximum atomic E-state index is 12.2. The Bertz CT molecular complexity index is 373. The Hall–Kier alpha value is -0.360. The standard InChI is InChI=1S/C12H21N3OS.2ClH/c1-4-12(5-2,7-13)11(16)14-6-10-9(3)15-8-17-10;;/h8H,4-7,13H2,1-3H3,(H,14,16);2*1H. The highest BCUT2D eigenvalue weighted by molar-refractivity contribution is 7.09. The van der Waals surface area contributed by atoms with Gasteiger partial charge in [0.1, 0.15) is 0 Å². The minimum Gasteiger partial charge on any atom is -0.351 e. The maximum absolute atomic E-state index is 12.2. The van der Waals surface area contributed by atoms with E-state index in [0.29, 0.717) is 13.1 Å². The molecule has 1 rings (SSSR count). The summed E-state index contributed by atoms with van der Waals surface area (Å²) < 4.78 is 0. The molecule has 7 heteroatoms. The number of nitrogens with two attached hydrogens (primary N) is 1. The number of nitrogens with one attached hydrogen (secondary N) is 1. The van der Waals surface area contributed by atoms with Gasteiger partial charge in [0.2, 0.25) is 5.91 Å². The number of rotatable bonds is 6. The zero-order valence-corrected chi connectivity index (χ0v) is 14.0. The van der Waals surface area contributed by atoms with Crippen LogP contribution in [0.2, 0.25) is 0 Å². The van der Waals surface area contributed by atoms with Crippen molar-refractivity contribution >= 4 is 42.1 Å². The first-order valence-corrected chi connectivity index (χ1v) is 6.85. The lowest BCUT2D eigenvalue weighted by atomic mass is 9.81. The molecular weight excluding hydrogens is 305 g/mol. The molecule has 0 aliphatic carbocycles. The average molecular weight is 328 g/mol. The van der Waals surface area contributed by atoms with Crippen molar-refractivity contribution in [2.75, 3.05) is 6.54 Å². The Morgan fingerprint density at radius 1 is 1.42 bits per heavy atom. The number of halogens is 2. The van der Waals surface area contributed by atoms with Gasteiger partial charge in [-0.1, -0.05) is 13.8 Å². The van der Waals surface area contributed by atoms with Crippen molar-refractivity contribution in [2.45, 2.75) is 40.2 Å². The molecule has 0 saturated carbocycles. The zero-order valence-electron chi connectivity index (χ0n) is 11.6. The van der Waals surface area contributed by atoms with Crippen molar-refractivity contribution in [3.63, 3.8) is 0 Å². The smallest absolute Gasteiger partial charge is 0.227 e. The molecule has 112 valence electrons. The molecular formula is C12H23Cl2N3OS. The van der Waals surface area contributed by atoms with E-state index in [1.807, 2.05) is 20.8 Å². The maximum Gasteiger partial charge on any atom is 0.227 e. The quantitative estimate of drug-likeness (QED) is 0.844. The number of hydrogen-bond acceptors (Lipinski definition) is 4. The van der Waals surface area contributed by atoms with Crippen molar-refractivity contribution in [2.24, 2.45) is 11.1 Å². The van der Waals surface area contributed by atoms with Crippen molar-refractivity contribution in [3.05, 3.63) is 16.1 Å². The van der Waals surface area contributed by atoms with E-state index in [1.54, 1.807) is 16.8 Å². The summed E-state index contributed by atoms with van der Waals surface area (Å²) in [5.74, 6) is 0.0535. The molecule has 4 nitrogen and oxygen atoms in total. The molecule has 3 N–H and O–H groups in total. The fourth-order valence-corrected chi connectivity index (χ4v) is 2.51. The molecule has 0 bridgehead atoms. The average Bonchev–Trinajstić information content (AvgIpc) is 2.75. The topological polar surface area (TPSA) is 68.0 Å². The van der Waals surface area contributed by atoms with E-state index in [-0.39, 0.29) is 30.7 Å². The summed E-state index contributed by atoms with van der Waals surface area (Å²) in [5.41, 5.74) is 8.11. The Balaban J connectivity index is 0. The summed E-state index contributed by atoms with van der Waals surface area (Å²) in [6.07, 6.45) is 1.54. The lowest BCUT2D eigenvalue weighted by Gasteiger charge is -2.28. The molecule has 19 heavy (non-hydrogen) atoms. The van der Waals surface area contributed by atoms with Crippen LogP contribution in [0.1, 0.15) is 37.3 Å². The number of aryl methyl sites for hydroxylation is 1. The number of nitrogens with zero attached hydrogens (tertiary/aromatic N) is 1. The van der Waals surface area contributed by atoms with Crippen LogP contribution < -0.4 is 11.1 Å². The molecule has 0 radical (unpaired) electrons. The minimum atomic E-state index is -0.418. The highest BCUT2D eigenvalue weighted by Crippen LogP contribution is 2.25. The van der Waals surface area contributed by atoms with Gasteiger partial charge in [-0.2, -0.15) is 0 Å². The van der Waals surface area contributed by atoms with E-state index in [1.165, 1.54) is 0 Å². The third kappa shape index (κ3) is 4.91. The Labute approximate surface area is 131 Å². The van der Waals surface area contributed by atoms with Crippen LogP contribution >= 0.6 is 36.2 Å². The fraction of sp³-hybridized carbons (Fsp3) is 0.667. The van der Waals surface area contributed by atoms with Crippen molar-refractivity contribution in [1.29, 1.82) is 0 Å². The van der Waals surface area contributed by atoms with Crippen LogP contribution in [0, 0.1) is 12.3 Å². The third-order valence-corrected chi connectivity index (χ3v) is 4.42. The van der Waals surface area contributed by atoms with Crippen LogP contribution in [0.15, 0.2) is 5.51 Å². The van der Waals surface area contributed by atoms with E-state index in [4.69, 9.17) is 5.73 Å². The Kier molecular flexibility index (Phi) is 10.5. The summed E-state index contributed by atoms with van der Waals surface area (Å²) in [6, 6.07) is 0. The molecule has 1 aromatic heterocycles. The molecule has 0 spiro atoms. The van der Waals surface area contributed by atoms with Crippen LogP contribution in [0.4, 0.5) is 0 Å². The Morgan fingerprint density at radius 3 is 2.37 bits per heavy atom. The second-order valence-corrected chi connectivity index (χ2v) is 5.17. The van der Waals surface area contributed by atoms with Gasteiger partial charge in [0.25, 0.3) is 0 Å². The van der Waals surface area contributed by atoms with Crippen molar-refractivity contribution < 1.29 is 4.79 Å². The molecule has 0 saturated heterocycles. The van der Waals surface area contributed by atoms with E-state index in [0.717, 1.165) is 23.4 Å². The second-order valence-electron chi connectivity index (χ2n) is 4.24. The van der Waals surface area contributed by atoms with Crippen LogP contribution in [0.5, 0.6) is 0 Å². The molecule has 1 heterocycles.